The van der Waals surface area contributed by atoms with E-state index < -0.39 is 0 Å². The highest BCUT2D eigenvalue weighted by molar-refractivity contribution is 6.23. The van der Waals surface area contributed by atoms with Crippen LogP contribution < -0.4 is 0 Å². The van der Waals surface area contributed by atoms with Crippen LogP contribution in [-0.2, 0) is 14.3 Å². The lowest BCUT2D eigenvalue weighted by molar-refractivity contribution is -0.140. The zero-order valence-electron chi connectivity index (χ0n) is 13.5. The van der Waals surface area contributed by atoms with Crippen LogP contribution in [0.4, 0.5) is 5.69 Å². The molecule has 0 aromatic heterocycles. The summed E-state index contributed by atoms with van der Waals surface area (Å²) in [5, 5.41) is 10.1. The number of aliphatic imine (C=N–C) groups is 1. The van der Waals surface area contributed by atoms with Crippen LogP contribution in [-0.4, -0.2) is 29.7 Å². The van der Waals surface area contributed by atoms with Crippen molar-refractivity contribution < 1.29 is 19.4 Å². The Bertz CT molecular complexity index is 673. The highest BCUT2D eigenvalue weighted by atomic mass is 16.5. The van der Waals surface area contributed by atoms with Crippen LogP contribution in [0.5, 0.6) is 0 Å². The number of hydrogen-bond acceptors (Lipinski definition) is 5. The van der Waals surface area contributed by atoms with Gasteiger partial charge in [0, 0.05) is 19.3 Å². The number of carbonyl (C=O) groups is 2. The zero-order chi connectivity index (χ0) is 16.8. The van der Waals surface area contributed by atoms with Gasteiger partial charge in [-0.3, -0.25) is 14.6 Å². The van der Waals surface area contributed by atoms with Crippen molar-refractivity contribution in [2.45, 2.75) is 39.0 Å². The van der Waals surface area contributed by atoms with Crippen LogP contribution >= 0.6 is 0 Å². The molecule has 1 N–H and O–H groups in total. The van der Waals surface area contributed by atoms with E-state index in [1.54, 1.807) is 0 Å². The third kappa shape index (κ3) is 4.28. The fourth-order valence-electron chi connectivity index (χ4n) is 2.55. The SMILES string of the molecule is COC(=O)CCC(=Nc1ccccc1C)C1=C(O)CCCC1=O. The minimum absolute atomic E-state index is 0.0680. The van der Waals surface area contributed by atoms with Crippen molar-refractivity contribution in [3.05, 3.63) is 41.2 Å². The molecule has 23 heavy (non-hydrogen) atoms. The molecule has 2 rings (SSSR count). The molecule has 0 unspecified atom stereocenters. The maximum atomic E-state index is 12.2. The van der Waals surface area contributed by atoms with Gasteiger partial charge in [0.1, 0.15) is 5.76 Å². The summed E-state index contributed by atoms with van der Waals surface area (Å²) in [6, 6.07) is 7.54. The van der Waals surface area contributed by atoms with Crippen molar-refractivity contribution in [3.63, 3.8) is 0 Å². The number of aliphatic hydroxyl groups excluding tert-OH is 1. The second-order valence-electron chi connectivity index (χ2n) is 5.52. The van der Waals surface area contributed by atoms with Crippen LogP contribution in [0.2, 0.25) is 0 Å². The lowest BCUT2D eigenvalue weighted by atomic mass is 9.91. The molecule has 5 heteroatoms. The highest BCUT2D eigenvalue weighted by Crippen LogP contribution is 2.26. The third-order valence-electron chi connectivity index (χ3n) is 3.84. The van der Waals surface area contributed by atoms with Crippen LogP contribution in [0.25, 0.3) is 0 Å². The Morgan fingerprint density at radius 1 is 1.26 bits per heavy atom. The van der Waals surface area contributed by atoms with Crippen LogP contribution in [0.15, 0.2) is 40.6 Å². The normalized spacial score (nSPS) is 15.7. The first-order chi connectivity index (χ1) is 11.0. The van der Waals surface area contributed by atoms with Gasteiger partial charge in [0.2, 0.25) is 0 Å². The molecule has 0 bridgehead atoms. The lowest BCUT2D eigenvalue weighted by Gasteiger charge is -2.17. The summed E-state index contributed by atoms with van der Waals surface area (Å²) in [4.78, 5) is 28.2. The summed E-state index contributed by atoms with van der Waals surface area (Å²) in [7, 11) is 1.32. The molecule has 1 aliphatic rings. The maximum Gasteiger partial charge on any atom is 0.305 e. The van der Waals surface area contributed by atoms with E-state index in [9.17, 15) is 14.7 Å². The van der Waals surface area contributed by atoms with Gasteiger partial charge in [-0.15, -0.1) is 0 Å². The van der Waals surface area contributed by atoms with E-state index in [0.29, 0.717) is 25.0 Å². The maximum absolute atomic E-state index is 12.2. The van der Waals surface area contributed by atoms with Gasteiger partial charge in [-0.05, 0) is 25.0 Å². The summed E-state index contributed by atoms with van der Waals surface area (Å²) in [5.41, 5.74) is 2.41. The van der Waals surface area contributed by atoms with Crippen molar-refractivity contribution in [3.8, 4) is 0 Å². The molecule has 0 amide bonds. The molecule has 5 nitrogen and oxygen atoms in total. The molecule has 0 radical (unpaired) electrons. The predicted octanol–water partition coefficient (Wildman–Crippen LogP) is 3.59. The van der Waals surface area contributed by atoms with Crippen molar-refractivity contribution in [1.29, 1.82) is 0 Å². The number of methoxy groups -OCH3 is 1. The Hall–Kier alpha value is -2.43. The Morgan fingerprint density at radius 3 is 2.65 bits per heavy atom. The number of esters is 1. The Labute approximate surface area is 135 Å². The Morgan fingerprint density at radius 2 is 2.00 bits per heavy atom. The van der Waals surface area contributed by atoms with Crippen molar-refractivity contribution in [2.24, 2.45) is 4.99 Å². The van der Waals surface area contributed by atoms with Gasteiger partial charge in [-0.1, -0.05) is 18.2 Å². The average Bonchev–Trinajstić information content (AvgIpc) is 2.53. The first-order valence-corrected chi connectivity index (χ1v) is 7.68. The molecule has 1 aromatic rings. The number of carbonyl (C=O) groups excluding carboxylic acids is 2. The molecule has 0 heterocycles. The number of rotatable bonds is 5. The Kier molecular flexibility index (Phi) is 5.68. The number of aryl methyl sites for hydroxylation is 1. The second kappa shape index (κ2) is 7.72. The molecular formula is C18H21NO4. The molecule has 0 spiro atoms. The summed E-state index contributed by atoms with van der Waals surface area (Å²) in [5.74, 6) is -0.421. The lowest BCUT2D eigenvalue weighted by Crippen LogP contribution is -2.20. The average molecular weight is 315 g/mol. The van der Waals surface area contributed by atoms with Crippen LogP contribution in [0.3, 0.4) is 0 Å². The highest BCUT2D eigenvalue weighted by Gasteiger charge is 2.25. The second-order valence-corrected chi connectivity index (χ2v) is 5.52. The largest absolute Gasteiger partial charge is 0.511 e. The first-order valence-electron chi connectivity index (χ1n) is 7.68. The van der Waals surface area contributed by atoms with E-state index in [1.807, 2.05) is 31.2 Å². The molecule has 0 aliphatic heterocycles. The molecule has 0 saturated carbocycles. The van der Waals surface area contributed by atoms with E-state index in [4.69, 9.17) is 0 Å². The molecule has 0 saturated heterocycles. The fourth-order valence-corrected chi connectivity index (χ4v) is 2.55. The van der Waals surface area contributed by atoms with E-state index in [0.717, 1.165) is 11.3 Å². The molecular weight excluding hydrogens is 294 g/mol. The standard InChI is InChI=1S/C18H21NO4/c1-12-6-3-4-7-13(12)19-14(10-11-17(22)23-2)18-15(20)8-5-9-16(18)21/h3-4,6-7,20H,5,8-11H2,1-2H3. The molecule has 1 aliphatic carbocycles. The van der Waals surface area contributed by atoms with Gasteiger partial charge < -0.3 is 9.84 Å². The minimum Gasteiger partial charge on any atom is -0.511 e. The summed E-state index contributed by atoms with van der Waals surface area (Å²) in [6.45, 7) is 1.92. The smallest absolute Gasteiger partial charge is 0.305 e. The van der Waals surface area contributed by atoms with Gasteiger partial charge in [0.25, 0.3) is 0 Å². The van der Waals surface area contributed by atoms with Gasteiger partial charge in [0.15, 0.2) is 5.78 Å². The fraction of sp³-hybridized carbons (Fsp3) is 0.389. The monoisotopic (exact) mass is 315 g/mol. The molecule has 122 valence electrons. The summed E-state index contributed by atoms with van der Waals surface area (Å²) >= 11 is 0. The van der Waals surface area contributed by atoms with Crippen LogP contribution in [0, 0.1) is 6.92 Å². The van der Waals surface area contributed by atoms with Gasteiger partial charge in [-0.25, -0.2) is 0 Å². The third-order valence-corrected chi connectivity index (χ3v) is 3.84. The van der Waals surface area contributed by atoms with Gasteiger partial charge in [-0.2, -0.15) is 0 Å². The number of ether oxygens (including phenoxy) is 1. The van der Waals surface area contributed by atoms with E-state index in [1.165, 1.54) is 7.11 Å². The van der Waals surface area contributed by atoms with Crippen LogP contribution in [0.1, 0.15) is 37.7 Å². The zero-order valence-corrected chi connectivity index (χ0v) is 13.5. The number of benzene rings is 1. The van der Waals surface area contributed by atoms with Gasteiger partial charge in [0.05, 0.1) is 30.5 Å². The quantitative estimate of drug-likeness (QED) is 0.665. The molecule has 0 atom stereocenters. The van der Waals surface area contributed by atoms with Crippen molar-refractivity contribution in [1.82, 2.24) is 0 Å². The van der Waals surface area contributed by atoms with E-state index in [2.05, 4.69) is 9.73 Å². The number of aliphatic hydroxyl groups is 1. The number of ketones is 1. The van der Waals surface area contributed by atoms with E-state index >= 15 is 0 Å². The number of hydrogen-bond donors (Lipinski definition) is 1. The van der Waals surface area contributed by atoms with Gasteiger partial charge >= 0.3 is 5.97 Å². The first kappa shape index (κ1) is 16.9. The number of nitrogens with zero attached hydrogens (tertiary/aromatic N) is 1. The number of Topliss-reactive ketones (excluding diaryl/α,β-unsaturated/α-hetero) is 1. The number of para-hydroxylation sites is 1. The molecule has 1 aromatic carbocycles. The molecule has 0 fully saturated rings. The van der Waals surface area contributed by atoms with E-state index in [-0.39, 0.29) is 35.9 Å². The summed E-state index contributed by atoms with van der Waals surface area (Å²) < 4.78 is 4.66. The van der Waals surface area contributed by atoms with Crippen molar-refractivity contribution in [2.75, 3.05) is 7.11 Å². The minimum atomic E-state index is -0.370. The summed E-state index contributed by atoms with van der Waals surface area (Å²) in [6.07, 6.45) is 1.87. The number of allylic oxidation sites excluding steroid dienone is 2. The predicted molar refractivity (Wildman–Crippen MR) is 88.0 cm³/mol. The van der Waals surface area contributed by atoms with Crippen molar-refractivity contribution >= 4 is 23.2 Å². The Balaban J connectivity index is 2.41. The topological polar surface area (TPSA) is 76.0 Å².